The number of aliphatic hydroxyl groups is 5. The van der Waals surface area contributed by atoms with Crippen LogP contribution in [0.4, 0.5) is 4.39 Å². The molecule has 0 aromatic rings. The van der Waals surface area contributed by atoms with Gasteiger partial charge in [0.05, 0.1) is 30.6 Å². The highest BCUT2D eigenvalue weighted by Crippen LogP contribution is 2.48. The first kappa shape index (κ1) is 37.1. The molecule has 3 heterocycles. The molecule has 5 rings (SSSR count). The van der Waals surface area contributed by atoms with Crippen LogP contribution in [0.25, 0.3) is 0 Å². The van der Waals surface area contributed by atoms with E-state index in [4.69, 9.17) is 21.4 Å². The Hall–Kier alpha value is -1.20. The Labute approximate surface area is 281 Å². The van der Waals surface area contributed by atoms with Crippen LogP contribution in [-0.2, 0) is 14.3 Å². The molecule has 15 heteroatoms. The minimum atomic E-state index is -1.67. The average molecular weight is 692 g/mol. The third kappa shape index (κ3) is 9.95. The molecule has 270 valence electrons. The van der Waals surface area contributed by atoms with E-state index in [2.05, 4.69) is 20.9 Å². The molecular formula is C32H55ClFN5O8. The van der Waals surface area contributed by atoms with Crippen molar-refractivity contribution in [2.24, 2.45) is 35.5 Å². The van der Waals surface area contributed by atoms with Crippen molar-refractivity contribution >= 4 is 23.5 Å². The predicted molar refractivity (Wildman–Crippen MR) is 171 cm³/mol. The van der Waals surface area contributed by atoms with Gasteiger partial charge in [-0.2, -0.15) is 0 Å². The fourth-order valence-corrected chi connectivity index (χ4v) is 8.01. The molecule has 9 atom stereocenters. The summed E-state index contributed by atoms with van der Waals surface area (Å²) in [5.41, 5.74) is 0. The number of carbonyl (C=O) groups excluding carboxylic acids is 2. The van der Waals surface area contributed by atoms with Gasteiger partial charge in [-0.25, -0.2) is 4.39 Å². The molecule has 0 spiro atoms. The van der Waals surface area contributed by atoms with E-state index in [-0.39, 0.29) is 48.8 Å². The van der Waals surface area contributed by atoms with E-state index in [0.717, 1.165) is 45.4 Å². The summed E-state index contributed by atoms with van der Waals surface area (Å²) in [6.07, 6.45) is -2.64. The number of likely N-dealkylation sites (tertiary alicyclic amines) is 2. The van der Waals surface area contributed by atoms with E-state index in [9.17, 15) is 30.0 Å². The Morgan fingerprint density at radius 3 is 2.30 bits per heavy atom. The number of rotatable bonds is 15. The molecule has 0 aromatic carbocycles. The van der Waals surface area contributed by atoms with Crippen molar-refractivity contribution in [3.63, 3.8) is 0 Å². The summed E-state index contributed by atoms with van der Waals surface area (Å²) in [4.78, 5) is 29.7. The molecule has 0 radical (unpaired) electrons. The van der Waals surface area contributed by atoms with Crippen LogP contribution in [0, 0.1) is 35.5 Å². The molecule has 8 N–H and O–H groups in total. The van der Waals surface area contributed by atoms with E-state index >= 15 is 4.39 Å². The van der Waals surface area contributed by atoms with Crippen molar-refractivity contribution in [1.82, 2.24) is 25.8 Å². The molecule has 3 aliphatic heterocycles. The van der Waals surface area contributed by atoms with Gasteiger partial charge in [-0.1, -0.05) is 0 Å². The van der Waals surface area contributed by atoms with Gasteiger partial charge >= 0.3 is 5.97 Å². The highest BCUT2D eigenvalue weighted by Gasteiger charge is 2.45. The molecule has 2 saturated carbocycles. The highest BCUT2D eigenvalue weighted by molar-refractivity contribution is 6.21. The molecule has 13 nitrogen and oxygen atoms in total. The number of hydrogen-bond acceptors (Lipinski definition) is 12. The number of alkyl halides is 2. The van der Waals surface area contributed by atoms with Crippen LogP contribution in [-0.4, -0.2) is 155 Å². The Bertz CT molecular complexity index is 1020. The molecule has 5 fully saturated rings. The maximum Gasteiger partial charge on any atom is 0.309 e. The third-order valence-corrected chi connectivity index (χ3v) is 11.4. The third-order valence-electron chi connectivity index (χ3n) is 11.1. The summed E-state index contributed by atoms with van der Waals surface area (Å²) in [7, 11) is 0. The Morgan fingerprint density at radius 2 is 1.64 bits per heavy atom. The van der Waals surface area contributed by atoms with Crippen molar-refractivity contribution < 1.29 is 44.2 Å². The quantitative estimate of drug-likeness (QED) is 0.0742. The lowest BCUT2D eigenvalue weighted by atomic mass is 9.78. The predicted octanol–water partition coefficient (Wildman–Crippen LogP) is -1.41. The zero-order valence-corrected chi connectivity index (χ0v) is 27.9. The summed E-state index contributed by atoms with van der Waals surface area (Å²) in [6.45, 7) is 4.81. The first-order valence-electron chi connectivity index (χ1n) is 17.5. The SMILES string of the molecule is O=C(OC[C@@H]1C[C@@H]1C1CCN(C2NCC(Cl)CN2)CC1)C1CCC(CC(=O)N2CC(CNC[C@H](O)[C@@H](O)[C@H](O)[C@H](O)CO)C2)C(F)C1. The fourth-order valence-electron chi connectivity index (χ4n) is 7.83. The second-order valence-corrected chi connectivity index (χ2v) is 15.2. The van der Waals surface area contributed by atoms with Crippen LogP contribution in [0.3, 0.4) is 0 Å². The smallest absolute Gasteiger partial charge is 0.309 e. The largest absolute Gasteiger partial charge is 0.465 e. The molecule has 0 aromatic heterocycles. The zero-order valence-electron chi connectivity index (χ0n) is 27.1. The number of halogens is 2. The number of carbonyl (C=O) groups is 2. The Balaban J connectivity index is 0.909. The fraction of sp³-hybridized carbons (Fsp3) is 0.938. The standard InChI is InChI=1S/C32H55ClFN5O8/c33-23-11-36-32(37-12-23)38-5-3-19(4-6-38)24-7-22(24)17-47-31(46)21-2-1-20(25(34)8-21)9-28(43)39-14-18(15-39)10-35-13-26(41)29(44)30(45)27(42)16-40/h18-27,29-30,32,35-37,40-42,44-45H,1-17H2/t20?,21?,22-,23?,24+,25?,26-,27+,29+,30+,32?/m0/s1. The van der Waals surface area contributed by atoms with Crippen LogP contribution in [0.2, 0.25) is 0 Å². The highest BCUT2D eigenvalue weighted by atomic mass is 35.5. The van der Waals surface area contributed by atoms with Gasteiger partial charge in [-0.05, 0) is 62.2 Å². The van der Waals surface area contributed by atoms with Crippen molar-refractivity contribution in [2.45, 2.75) is 87.2 Å². The molecule has 2 aliphatic carbocycles. The van der Waals surface area contributed by atoms with E-state index in [1.807, 2.05) is 0 Å². The monoisotopic (exact) mass is 691 g/mol. The van der Waals surface area contributed by atoms with Gasteiger partial charge in [-0.15, -0.1) is 11.6 Å². The number of esters is 1. The van der Waals surface area contributed by atoms with Gasteiger partial charge in [0.25, 0.3) is 0 Å². The molecule has 1 amide bonds. The Morgan fingerprint density at radius 1 is 0.957 bits per heavy atom. The van der Waals surface area contributed by atoms with Crippen molar-refractivity contribution in [2.75, 3.05) is 65.6 Å². The maximum atomic E-state index is 15.1. The van der Waals surface area contributed by atoms with Gasteiger partial charge < -0.3 is 40.5 Å². The van der Waals surface area contributed by atoms with Crippen molar-refractivity contribution in [3.8, 4) is 0 Å². The van der Waals surface area contributed by atoms with Crippen LogP contribution < -0.4 is 16.0 Å². The number of nitrogens with zero attached hydrogens (tertiary/aromatic N) is 2. The summed E-state index contributed by atoms with van der Waals surface area (Å²) >= 11 is 6.17. The summed E-state index contributed by atoms with van der Waals surface area (Å²) in [6, 6.07) is 0. The molecule has 3 unspecified atom stereocenters. The normalized spacial score (nSPS) is 35.0. The lowest BCUT2D eigenvalue weighted by molar-refractivity contribution is -0.152. The minimum Gasteiger partial charge on any atom is -0.465 e. The zero-order chi connectivity index (χ0) is 33.7. The van der Waals surface area contributed by atoms with Crippen molar-refractivity contribution in [3.05, 3.63) is 0 Å². The Kier molecular flexibility index (Phi) is 13.5. The number of hydrogen-bond donors (Lipinski definition) is 8. The van der Waals surface area contributed by atoms with Gasteiger partial charge in [0.15, 0.2) is 0 Å². The number of aliphatic hydroxyl groups excluding tert-OH is 5. The first-order valence-corrected chi connectivity index (χ1v) is 17.9. The van der Waals surface area contributed by atoms with E-state index < -0.39 is 49.0 Å². The second-order valence-electron chi connectivity index (χ2n) is 14.6. The molecule has 0 bridgehead atoms. The lowest BCUT2D eigenvalue weighted by Gasteiger charge is -2.41. The van der Waals surface area contributed by atoms with Gasteiger partial charge in [0, 0.05) is 64.7 Å². The molecular weight excluding hydrogens is 637 g/mol. The van der Waals surface area contributed by atoms with Crippen LogP contribution in [0.1, 0.15) is 44.9 Å². The minimum absolute atomic E-state index is 0.0381. The van der Waals surface area contributed by atoms with Gasteiger partial charge in [0.1, 0.15) is 30.8 Å². The number of amides is 1. The summed E-state index contributed by atoms with van der Waals surface area (Å²) in [5.74, 6) is 0.518. The van der Waals surface area contributed by atoms with Gasteiger partial charge in [-0.3, -0.25) is 25.1 Å². The summed E-state index contributed by atoms with van der Waals surface area (Å²) < 4.78 is 20.8. The number of piperidine rings is 1. The topological polar surface area (TPSA) is 187 Å². The van der Waals surface area contributed by atoms with Crippen LogP contribution in [0.15, 0.2) is 0 Å². The molecule has 3 saturated heterocycles. The molecule has 47 heavy (non-hydrogen) atoms. The van der Waals surface area contributed by atoms with E-state index in [1.54, 1.807) is 4.90 Å². The average Bonchev–Trinajstić information content (AvgIpc) is 3.84. The van der Waals surface area contributed by atoms with Crippen molar-refractivity contribution in [1.29, 1.82) is 0 Å². The van der Waals surface area contributed by atoms with Gasteiger partial charge in [0.2, 0.25) is 5.91 Å². The lowest BCUT2D eigenvalue weighted by Crippen LogP contribution is -2.62. The number of ether oxygens (including phenoxy) is 1. The number of nitrogens with one attached hydrogen (secondary N) is 3. The van der Waals surface area contributed by atoms with Crippen LogP contribution in [0.5, 0.6) is 0 Å². The molecule has 5 aliphatic rings. The summed E-state index contributed by atoms with van der Waals surface area (Å²) in [5, 5.41) is 57.9. The van der Waals surface area contributed by atoms with E-state index in [1.165, 1.54) is 0 Å². The first-order chi connectivity index (χ1) is 22.5. The van der Waals surface area contributed by atoms with E-state index in [0.29, 0.717) is 56.8 Å². The van der Waals surface area contributed by atoms with Crippen LogP contribution >= 0.6 is 11.6 Å². The second kappa shape index (κ2) is 17.1. The maximum absolute atomic E-state index is 15.1.